The molecule has 0 atom stereocenters. The fourth-order valence-corrected chi connectivity index (χ4v) is 4.09. The number of carbonyl (C=O) groups excluding carboxylic acids is 2. The maximum absolute atomic E-state index is 14.2. The van der Waals surface area contributed by atoms with Crippen LogP contribution in [-0.2, 0) is 22.7 Å². The van der Waals surface area contributed by atoms with Gasteiger partial charge in [0.25, 0.3) is 0 Å². The first kappa shape index (κ1) is 24.0. The molecule has 0 spiro atoms. The van der Waals surface area contributed by atoms with E-state index in [0.717, 1.165) is 16.9 Å². The molecule has 0 aliphatic carbocycles. The third-order valence-corrected chi connectivity index (χ3v) is 5.78. The highest BCUT2D eigenvalue weighted by Gasteiger charge is 2.21. The van der Waals surface area contributed by atoms with Crippen LogP contribution in [0.3, 0.4) is 0 Å². The molecule has 0 fully saturated rings. The van der Waals surface area contributed by atoms with Crippen molar-refractivity contribution in [1.82, 2.24) is 4.98 Å². The summed E-state index contributed by atoms with van der Waals surface area (Å²) in [4.78, 5) is 30.4. The topological polar surface area (TPSA) is 68.7 Å². The Bertz CT molecular complexity index is 1340. The number of esters is 1. The zero-order valence-electron chi connectivity index (χ0n) is 18.6. The monoisotopic (exact) mass is 494 g/mol. The number of benzene rings is 3. The molecule has 0 radical (unpaired) electrons. The highest BCUT2D eigenvalue weighted by molar-refractivity contribution is 7.14. The van der Waals surface area contributed by atoms with Crippen molar-refractivity contribution in [3.63, 3.8) is 0 Å². The van der Waals surface area contributed by atoms with Crippen molar-refractivity contribution in [1.29, 1.82) is 0 Å². The number of ether oxygens (including phenoxy) is 2. The van der Waals surface area contributed by atoms with Crippen LogP contribution in [0.25, 0.3) is 0 Å². The van der Waals surface area contributed by atoms with Crippen molar-refractivity contribution in [3.05, 3.63) is 107 Å². The summed E-state index contributed by atoms with van der Waals surface area (Å²) in [6, 6.07) is 18.4. The van der Waals surface area contributed by atoms with E-state index in [1.54, 1.807) is 47.8 Å². The number of halogens is 2. The van der Waals surface area contributed by atoms with Crippen LogP contribution in [0.1, 0.15) is 28.5 Å². The summed E-state index contributed by atoms with van der Waals surface area (Å²) >= 11 is 1.13. The molecule has 9 heteroatoms. The van der Waals surface area contributed by atoms with E-state index < -0.39 is 17.7 Å². The summed E-state index contributed by atoms with van der Waals surface area (Å²) in [5.41, 5.74) is 1.46. The molecule has 4 aromatic rings. The van der Waals surface area contributed by atoms with Gasteiger partial charge in [0.2, 0.25) is 5.91 Å². The Hall–Kier alpha value is -4.11. The molecule has 6 nitrogen and oxygen atoms in total. The minimum absolute atomic E-state index is 0.0881. The lowest BCUT2D eigenvalue weighted by Crippen LogP contribution is -2.23. The van der Waals surface area contributed by atoms with Gasteiger partial charge in [-0.2, -0.15) is 0 Å². The molecule has 0 bridgehead atoms. The second-order valence-corrected chi connectivity index (χ2v) is 8.25. The third-order valence-electron chi connectivity index (χ3n) is 4.90. The van der Waals surface area contributed by atoms with Gasteiger partial charge < -0.3 is 9.47 Å². The molecule has 35 heavy (non-hydrogen) atoms. The lowest BCUT2D eigenvalue weighted by molar-refractivity contribution is -0.115. The van der Waals surface area contributed by atoms with E-state index in [9.17, 15) is 18.4 Å². The van der Waals surface area contributed by atoms with E-state index in [1.807, 2.05) is 0 Å². The van der Waals surface area contributed by atoms with Gasteiger partial charge in [-0.3, -0.25) is 9.69 Å². The predicted molar refractivity (Wildman–Crippen MR) is 128 cm³/mol. The highest BCUT2D eigenvalue weighted by atomic mass is 32.1. The smallest absolute Gasteiger partial charge is 0.342 e. The number of nitrogens with zero attached hydrogens (tertiary/aromatic N) is 2. The SMILES string of the molecule is CC(=O)N(c1nc(COC(=O)c2ccccc2OCc2ccc(F)cc2)cs1)c1ccccc1F. The van der Waals surface area contributed by atoms with Crippen molar-refractivity contribution in [2.24, 2.45) is 0 Å². The van der Waals surface area contributed by atoms with Gasteiger partial charge in [-0.15, -0.1) is 11.3 Å². The molecule has 3 aromatic carbocycles. The van der Waals surface area contributed by atoms with Crippen molar-refractivity contribution in [2.75, 3.05) is 4.90 Å². The number of para-hydroxylation sites is 2. The molecule has 0 aliphatic rings. The van der Waals surface area contributed by atoms with E-state index in [0.29, 0.717) is 11.4 Å². The van der Waals surface area contributed by atoms with Crippen molar-refractivity contribution < 1.29 is 27.8 Å². The summed E-state index contributed by atoms with van der Waals surface area (Å²) < 4.78 is 38.5. The van der Waals surface area contributed by atoms with Gasteiger partial charge >= 0.3 is 5.97 Å². The van der Waals surface area contributed by atoms with Gasteiger partial charge in [-0.25, -0.2) is 18.6 Å². The average molecular weight is 495 g/mol. The maximum atomic E-state index is 14.2. The maximum Gasteiger partial charge on any atom is 0.342 e. The lowest BCUT2D eigenvalue weighted by Gasteiger charge is -2.18. The minimum Gasteiger partial charge on any atom is -0.488 e. The number of rotatable bonds is 8. The van der Waals surface area contributed by atoms with E-state index in [1.165, 1.54) is 42.2 Å². The Balaban J connectivity index is 1.43. The Morgan fingerprint density at radius 3 is 2.40 bits per heavy atom. The van der Waals surface area contributed by atoms with Crippen LogP contribution in [0.5, 0.6) is 5.75 Å². The van der Waals surface area contributed by atoms with Crippen LogP contribution in [0.2, 0.25) is 0 Å². The number of carbonyl (C=O) groups is 2. The Labute approximate surface area is 204 Å². The first-order valence-corrected chi connectivity index (χ1v) is 11.4. The van der Waals surface area contributed by atoms with Gasteiger partial charge in [0.15, 0.2) is 5.13 Å². The zero-order valence-corrected chi connectivity index (χ0v) is 19.4. The fourth-order valence-electron chi connectivity index (χ4n) is 3.23. The largest absolute Gasteiger partial charge is 0.488 e. The molecular formula is C26H20F2N2O4S. The quantitative estimate of drug-likeness (QED) is 0.279. The van der Waals surface area contributed by atoms with Crippen LogP contribution >= 0.6 is 11.3 Å². The van der Waals surface area contributed by atoms with Gasteiger partial charge in [-0.05, 0) is 42.0 Å². The van der Waals surface area contributed by atoms with E-state index >= 15 is 0 Å². The highest BCUT2D eigenvalue weighted by Crippen LogP contribution is 2.31. The zero-order chi connectivity index (χ0) is 24.8. The van der Waals surface area contributed by atoms with Gasteiger partial charge in [-0.1, -0.05) is 36.4 Å². The van der Waals surface area contributed by atoms with Crippen LogP contribution < -0.4 is 9.64 Å². The van der Waals surface area contributed by atoms with E-state index in [-0.39, 0.29) is 35.4 Å². The molecule has 0 unspecified atom stereocenters. The van der Waals surface area contributed by atoms with Gasteiger partial charge in [0.05, 0.1) is 11.4 Å². The van der Waals surface area contributed by atoms with Crippen molar-refractivity contribution in [3.8, 4) is 5.75 Å². The molecule has 0 N–H and O–H groups in total. The van der Waals surface area contributed by atoms with Gasteiger partial charge in [0, 0.05) is 12.3 Å². The number of thiazole rings is 1. The fraction of sp³-hybridized carbons (Fsp3) is 0.115. The number of aromatic nitrogens is 1. The number of amides is 1. The van der Waals surface area contributed by atoms with Crippen LogP contribution in [0, 0.1) is 11.6 Å². The lowest BCUT2D eigenvalue weighted by atomic mass is 10.2. The number of anilines is 2. The summed E-state index contributed by atoms with van der Waals surface area (Å²) in [5.74, 6) is -1.60. The number of hydrogen-bond donors (Lipinski definition) is 0. The average Bonchev–Trinajstić information content (AvgIpc) is 3.32. The normalized spacial score (nSPS) is 10.6. The van der Waals surface area contributed by atoms with E-state index in [4.69, 9.17) is 9.47 Å². The van der Waals surface area contributed by atoms with Crippen LogP contribution in [0.15, 0.2) is 78.2 Å². The third kappa shape index (κ3) is 5.88. The first-order chi connectivity index (χ1) is 16.9. The van der Waals surface area contributed by atoms with Crippen molar-refractivity contribution in [2.45, 2.75) is 20.1 Å². The van der Waals surface area contributed by atoms with Crippen molar-refractivity contribution >= 4 is 34.0 Å². The number of hydrogen-bond acceptors (Lipinski definition) is 6. The van der Waals surface area contributed by atoms with E-state index in [2.05, 4.69) is 4.98 Å². The Kier molecular flexibility index (Phi) is 7.47. The Morgan fingerprint density at radius 1 is 0.943 bits per heavy atom. The first-order valence-electron chi connectivity index (χ1n) is 10.6. The molecule has 1 amide bonds. The molecule has 178 valence electrons. The molecule has 0 aliphatic heterocycles. The molecule has 0 saturated carbocycles. The molecular weight excluding hydrogens is 474 g/mol. The molecule has 1 aromatic heterocycles. The predicted octanol–water partition coefficient (Wildman–Crippen LogP) is 6.04. The molecule has 1 heterocycles. The van der Waals surface area contributed by atoms with Crippen LogP contribution in [-0.4, -0.2) is 16.9 Å². The summed E-state index contributed by atoms with van der Waals surface area (Å²) in [6.07, 6.45) is 0. The second-order valence-electron chi connectivity index (χ2n) is 7.41. The standard InChI is InChI=1S/C26H20F2N2O4S/c1-17(31)30(23-8-4-3-7-22(23)28)26-29-20(16-35-26)15-34-25(32)21-6-2-5-9-24(21)33-14-18-10-12-19(27)13-11-18/h2-13,16H,14-15H2,1H3. The minimum atomic E-state index is -0.619. The molecule has 4 rings (SSSR count). The second kappa shape index (κ2) is 10.9. The summed E-state index contributed by atoms with van der Waals surface area (Å²) in [7, 11) is 0. The Morgan fingerprint density at radius 2 is 1.66 bits per heavy atom. The summed E-state index contributed by atoms with van der Waals surface area (Å²) in [5, 5.41) is 1.90. The molecule has 0 saturated heterocycles. The van der Waals surface area contributed by atoms with Crippen LogP contribution in [0.4, 0.5) is 19.6 Å². The van der Waals surface area contributed by atoms with Gasteiger partial charge in [0.1, 0.15) is 36.2 Å². The summed E-state index contributed by atoms with van der Waals surface area (Å²) in [6.45, 7) is 1.32.